The minimum Gasteiger partial charge on any atom is -0.369 e. The van der Waals surface area contributed by atoms with Crippen molar-refractivity contribution in [2.45, 2.75) is 19.3 Å². The molecule has 1 amide bonds. The third kappa shape index (κ3) is 7.30. The zero-order valence-electron chi connectivity index (χ0n) is 10.1. The van der Waals surface area contributed by atoms with E-state index in [1.54, 1.807) is 0 Å². The normalized spacial score (nSPS) is 10.8. The fourth-order valence-electron chi connectivity index (χ4n) is 1.55. The molecule has 0 aliphatic carbocycles. The van der Waals surface area contributed by atoms with E-state index < -0.39 is 0 Å². The quantitative estimate of drug-likeness (QED) is 0.529. The first-order valence-corrected chi connectivity index (χ1v) is 5.97. The molecule has 1 aromatic rings. The summed E-state index contributed by atoms with van der Waals surface area (Å²) < 4.78 is 0. The Labute approximate surface area is 103 Å². The molecule has 0 heterocycles. The van der Waals surface area contributed by atoms with Gasteiger partial charge < -0.3 is 11.1 Å². The molecule has 0 atom stereocenters. The number of primary amides is 1. The molecule has 92 valence electrons. The van der Waals surface area contributed by atoms with E-state index in [9.17, 15) is 4.79 Å². The smallest absolute Gasteiger partial charge is 0.231 e. The molecule has 0 aliphatic rings. The number of unbranched alkanes of at least 4 members (excludes halogenated alkanes) is 1. The van der Waals surface area contributed by atoms with Gasteiger partial charge in [-0.3, -0.25) is 4.79 Å². The van der Waals surface area contributed by atoms with Gasteiger partial charge in [0.2, 0.25) is 5.91 Å². The minimum absolute atomic E-state index is 0.244. The number of hydrogen-bond acceptors (Lipinski definition) is 2. The molecule has 17 heavy (non-hydrogen) atoms. The van der Waals surface area contributed by atoms with Gasteiger partial charge in [0.1, 0.15) is 0 Å². The van der Waals surface area contributed by atoms with E-state index in [-0.39, 0.29) is 12.5 Å². The van der Waals surface area contributed by atoms with Gasteiger partial charge in [0.25, 0.3) is 0 Å². The number of carbonyl (C=O) groups excluding carboxylic acids is 1. The maximum absolute atomic E-state index is 10.4. The summed E-state index contributed by atoms with van der Waals surface area (Å²) in [6, 6.07) is 10.5. The Hall–Kier alpha value is -1.61. The Morgan fingerprint density at radius 3 is 2.71 bits per heavy atom. The molecule has 0 aliphatic heterocycles. The van der Waals surface area contributed by atoms with E-state index in [2.05, 4.69) is 35.7 Å². The lowest BCUT2D eigenvalue weighted by atomic mass is 10.1. The molecule has 0 saturated heterocycles. The molecule has 0 bridgehead atoms. The summed E-state index contributed by atoms with van der Waals surface area (Å²) in [5.74, 6) is -0.317. The average Bonchev–Trinajstić information content (AvgIpc) is 2.33. The summed E-state index contributed by atoms with van der Waals surface area (Å²) >= 11 is 0. The van der Waals surface area contributed by atoms with Crippen LogP contribution in [0.4, 0.5) is 0 Å². The fourth-order valence-corrected chi connectivity index (χ4v) is 1.55. The van der Waals surface area contributed by atoms with E-state index in [1.807, 2.05) is 12.1 Å². The van der Waals surface area contributed by atoms with Crippen LogP contribution in [0, 0.1) is 0 Å². The van der Waals surface area contributed by atoms with E-state index >= 15 is 0 Å². The largest absolute Gasteiger partial charge is 0.369 e. The highest BCUT2D eigenvalue weighted by molar-refractivity contribution is 5.75. The lowest BCUT2D eigenvalue weighted by Crippen LogP contribution is -2.28. The molecule has 0 aromatic heterocycles. The highest BCUT2D eigenvalue weighted by Crippen LogP contribution is 2.04. The minimum atomic E-state index is -0.317. The van der Waals surface area contributed by atoms with Crippen molar-refractivity contribution >= 4 is 5.91 Å². The lowest BCUT2D eigenvalue weighted by Gasteiger charge is -1.98. The number of carbonyl (C=O) groups is 1. The number of aryl methyl sites for hydroxylation is 1. The molecular formula is C14H20N2O. The number of hydrogen-bond donors (Lipinski definition) is 2. The van der Waals surface area contributed by atoms with Gasteiger partial charge in [0, 0.05) is 6.54 Å². The molecule has 0 spiro atoms. The zero-order chi connectivity index (χ0) is 12.3. The number of nitrogens with two attached hydrogens (primary N) is 1. The van der Waals surface area contributed by atoms with Gasteiger partial charge >= 0.3 is 0 Å². The van der Waals surface area contributed by atoms with E-state index in [0.29, 0.717) is 6.54 Å². The molecule has 3 nitrogen and oxygen atoms in total. The molecular weight excluding hydrogens is 212 g/mol. The van der Waals surface area contributed by atoms with Gasteiger partial charge in [0.05, 0.1) is 6.54 Å². The van der Waals surface area contributed by atoms with E-state index in [0.717, 1.165) is 19.3 Å². The number of allylic oxidation sites excluding steroid dienone is 1. The van der Waals surface area contributed by atoms with Crippen molar-refractivity contribution in [3.8, 4) is 0 Å². The van der Waals surface area contributed by atoms with Crippen molar-refractivity contribution in [2.24, 2.45) is 5.73 Å². The highest BCUT2D eigenvalue weighted by atomic mass is 16.1. The van der Waals surface area contributed by atoms with E-state index in [4.69, 9.17) is 5.73 Å². The Bertz CT molecular complexity index is 346. The molecule has 1 rings (SSSR count). The van der Waals surface area contributed by atoms with Crippen LogP contribution >= 0.6 is 0 Å². The topological polar surface area (TPSA) is 55.1 Å². The molecule has 0 fully saturated rings. The average molecular weight is 232 g/mol. The molecule has 3 heteroatoms. The Morgan fingerprint density at radius 2 is 2.00 bits per heavy atom. The van der Waals surface area contributed by atoms with Crippen LogP contribution < -0.4 is 11.1 Å². The van der Waals surface area contributed by atoms with Crippen molar-refractivity contribution in [1.29, 1.82) is 0 Å². The van der Waals surface area contributed by atoms with Gasteiger partial charge in [-0.25, -0.2) is 0 Å². The molecule has 1 aromatic carbocycles. The van der Waals surface area contributed by atoms with Crippen molar-refractivity contribution in [1.82, 2.24) is 5.32 Å². The van der Waals surface area contributed by atoms with Crippen LogP contribution in [0.5, 0.6) is 0 Å². The summed E-state index contributed by atoms with van der Waals surface area (Å²) in [6.45, 7) is 0.947. The van der Waals surface area contributed by atoms with Gasteiger partial charge in [-0.15, -0.1) is 0 Å². The second kappa shape index (κ2) is 8.53. The molecule has 3 N–H and O–H groups in total. The van der Waals surface area contributed by atoms with Gasteiger partial charge in [-0.05, 0) is 24.8 Å². The Morgan fingerprint density at radius 1 is 1.24 bits per heavy atom. The summed E-state index contributed by atoms with van der Waals surface area (Å²) in [5, 5.41) is 2.93. The first kappa shape index (κ1) is 13.5. The van der Waals surface area contributed by atoms with Crippen LogP contribution in [0.1, 0.15) is 18.4 Å². The number of rotatable bonds is 8. The van der Waals surface area contributed by atoms with Crippen LogP contribution in [0.3, 0.4) is 0 Å². The second-order valence-corrected chi connectivity index (χ2v) is 3.95. The molecule has 0 radical (unpaired) electrons. The summed E-state index contributed by atoms with van der Waals surface area (Å²) in [4.78, 5) is 10.4. The lowest BCUT2D eigenvalue weighted by molar-refractivity contribution is -0.117. The standard InChI is InChI=1S/C14H20N2O/c15-14(17)12-16-11-7-2-1-4-8-13-9-5-3-6-10-13/h2-3,5-7,9-10,16H,1,4,8,11-12H2,(H2,15,17)/b7-2+. The maximum Gasteiger partial charge on any atom is 0.231 e. The molecule has 0 saturated carbocycles. The summed E-state index contributed by atoms with van der Waals surface area (Å²) in [7, 11) is 0. The zero-order valence-corrected chi connectivity index (χ0v) is 10.1. The monoisotopic (exact) mass is 232 g/mol. The highest BCUT2D eigenvalue weighted by Gasteiger charge is 1.90. The van der Waals surface area contributed by atoms with Crippen molar-refractivity contribution in [3.63, 3.8) is 0 Å². The van der Waals surface area contributed by atoms with Crippen LogP contribution in [0.25, 0.3) is 0 Å². The van der Waals surface area contributed by atoms with Crippen molar-refractivity contribution < 1.29 is 4.79 Å². The Balaban J connectivity index is 2.00. The van der Waals surface area contributed by atoms with Gasteiger partial charge in [-0.1, -0.05) is 42.5 Å². The Kier molecular flexibility index (Phi) is 6.75. The molecule has 0 unspecified atom stereocenters. The maximum atomic E-state index is 10.4. The summed E-state index contributed by atoms with van der Waals surface area (Å²) in [5.41, 5.74) is 6.38. The predicted molar refractivity (Wildman–Crippen MR) is 70.6 cm³/mol. The SMILES string of the molecule is NC(=O)CNC/C=C/CCCc1ccccc1. The van der Waals surface area contributed by atoms with Crippen LogP contribution in [0.15, 0.2) is 42.5 Å². The number of amides is 1. The van der Waals surface area contributed by atoms with Crippen LogP contribution in [-0.2, 0) is 11.2 Å². The van der Waals surface area contributed by atoms with Crippen LogP contribution in [-0.4, -0.2) is 19.0 Å². The second-order valence-electron chi connectivity index (χ2n) is 3.95. The van der Waals surface area contributed by atoms with Crippen molar-refractivity contribution in [2.75, 3.05) is 13.1 Å². The predicted octanol–water partition coefficient (Wildman–Crippen LogP) is 1.64. The summed E-state index contributed by atoms with van der Waals surface area (Å²) in [6.07, 6.45) is 7.49. The number of benzene rings is 1. The van der Waals surface area contributed by atoms with Crippen molar-refractivity contribution in [3.05, 3.63) is 48.0 Å². The van der Waals surface area contributed by atoms with Crippen LogP contribution in [0.2, 0.25) is 0 Å². The van der Waals surface area contributed by atoms with Gasteiger partial charge in [-0.2, -0.15) is 0 Å². The third-order valence-corrected chi connectivity index (χ3v) is 2.41. The third-order valence-electron chi connectivity index (χ3n) is 2.41. The van der Waals surface area contributed by atoms with Gasteiger partial charge in [0.15, 0.2) is 0 Å². The van der Waals surface area contributed by atoms with E-state index in [1.165, 1.54) is 5.56 Å². The fraction of sp³-hybridized carbons (Fsp3) is 0.357. The number of nitrogens with one attached hydrogen (secondary N) is 1. The first-order chi connectivity index (χ1) is 8.29. The first-order valence-electron chi connectivity index (χ1n) is 5.97.